The van der Waals surface area contributed by atoms with Crippen LogP contribution in [0.5, 0.6) is 0 Å². The van der Waals surface area contributed by atoms with E-state index in [9.17, 15) is 4.79 Å². The lowest BCUT2D eigenvalue weighted by Gasteiger charge is -2.27. The van der Waals surface area contributed by atoms with Crippen molar-refractivity contribution in [3.05, 3.63) is 29.3 Å². The molecule has 0 saturated heterocycles. The Hall–Kier alpha value is -0.710. The third-order valence-corrected chi connectivity index (χ3v) is 4.97. The predicted octanol–water partition coefficient (Wildman–Crippen LogP) is 4.14. The Morgan fingerprint density at radius 1 is 1.38 bits per heavy atom. The summed E-state index contributed by atoms with van der Waals surface area (Å²) in [6.07, 6.45) is 2.78. The third kappa shape index (κ3) is 5.89. The lowest BCUT2D eigenvalue weighted by molar-refractivity contribution is -0.148. The summed E-state index contributed by atoms with van der Waals surface area (Å²) < 4.78 is 4.89. The first-order chi connectivity index (χ1) is 10.0. The Balaban J connectivity index is 2.35. The van der Waals surface area contributed by atoms with Crippen molar-refractivity contribution in [2.75, 3.05) is 19.4 Å². The minimum Gasteiger partial charge on any atom is -0.468 e. The molecular weight excluding hydrogens is 306 g/mol. The molecule has 0 aromatic heterocycles. The van der Waals surface area contributed by atoms with Gasteiger partial charge in [-0.1, -0.05) is 37.1 Å². The minimum absolute atomic E-state index is 0.192. The van der Waals surface area contributed by atoms with Crippen molar-refractivity contribution in [2.45, 2.75) is 43.5 Å². The van der Waals surface area contributed by atoms with Gasteiger partial charge in [0.05, 0.1) is 12.1 Å². The summed E-state index contributed by atoms with van der Waals surface area (Å²) in [5, 5.41) is 4.03. The maximum atomic E-state index is 11.8. The summed E-state index contributed by atoms with van der Waals surface area (Å²) in [5.74, 6) is 0.802. The van der Waals surface area contributed by atoms with E-state index in [0.29, 0.717) is 0 Å². The zero-order chi connectivity index (χ0) is 15.7. The zero-order valence-corrected chi connectivity index (χ0v) is 14.5. The zero-order valence-electron chi connectivity index (χ0n) is 12.9. The second-order valence-electron chi connectivity index (χ2n) is 5.09. The molecule has 1 N–H and O–H groups in total. The number of rotatable bonds is 9. The number of thioether (sulfide) groups is 1. The highest BCUT2D eigenvalue weighted by Crippen LogP contribution is 2.27. The van der Waals surface area contributed by atoms with Crippen molar-refractivity contribution >= 4 is 29.3 Å². The van der Waals surface area contributed by atoms with Crippen LogP contribution in [0, 0.1) is 0 Å². The second-order valence-corrected chi connectivity index (χ2v) is 6.63. The fourth-order valence-electron chi connectivity index (χ4n) is 2.20. The second kappa shape index (κ2) is 9.34. The number of hydrogen-bond donors (Lipinski definition) is 1. The quantitative estimate of drug-likeness (QED) is 0.420. The van der Waals surface area contributed by atoms with E-state index in [1.807, 2.05) is 38.1 Å². The number of unbranched alkanes of at least 4 members (excludes halogenated alkanes) is 1. The van der Waals surface area contributed by atoms with E-state index in [2.05, 4.69) is 5.32 Å². The van der Waals surface area contributed by atoms with Gasteiger partial charge in [-0.25, -0.2) is 0 Å². The van der Waals surface area contributed by atoms with Crippen LogP contribution in [0.3, 0.4) is 0 Å². The van der Waals surface area contributed by atoms with E-state index in [-0.39, 0.29) is 5.97 Å². The van der Waals surface area contributed by atoms with Crippen LogP contribution in [0.25, 0.3) is 0 Å². The van der Waals surface area contributed by atoms with Gasteiger partial charge in [0, 0.05) is 4.90 Å². The Morgan fingerprint density at radius 2 is 2.10 bits per heavy atom. The van der Waals surface area contributed by atoms with Crippen LogP contribution in [-0.4, -0.2) is 30.9 Å². The Morgan fingerprint density at radius 3 is 2.71 bits per heavy atom. The number of carbonyl (C=O) groups is 1. The number of likely N-dealkylation sites (N-methyl/N-ethyl adjacent to an activating group) is 1. The van der Waals surface area contributed by atoms with E-state index in [0.717, 1.165) is 41.5 Å². The van der Waals surface area contributed by atoms with Gasteiger partial charge in [0.25, 0.3) is 0 Å². The molecule has 0 radical (unpaired) electrons. The maximum absolute atomic E-state index is 11.8. The van der Waals surface area contributed by atoms with Crippen LogP contribution < -0.4 is 5.32 Å². The molecule has 21 heavy (non-hydrogen) atoms. The first-order valence-corrected chi connectivity index (χ1v) is 8.60. The van der Waals surface area contributed by atoms with E-state index in [1.165, 1.54) is 7.11 Å². The van der Waals surface area contributed by atoms with Crippen LogP contribution in [0.15, 0.2) is 29.2 Å². The average Bonchev–Trinajstić information content (AvgIpc) is 2.48. The number of carbonyl (C=O) groups excluding carboxylic acids is 1. The Bertz CT molecular complexity index is 456. The van der Waals surface area contributed by atoms with Crippen LogP contribution >= 0.6 is 23.4 Å². The van der Waals surface area contributed by atoms with Gasteiger partial charge in [-0.2, -0.15) is 0 Å². The number of nitrogens with one attached hydrogen (secondary N) is 1. The molecule has 1 unspecified atom stereocenters. The largest absolute Gasteiger partial charge is 0.468 e. The molecule has 118 valence electrons. The van der Waals surface area contributed by atoms with Crippen molar-refractivity contribution in [1.82, 2.24) is 5.32 Å². The van der Waals surface area contributed by atoms with E-state index >= 15 is 0 Å². The molecule has 1 aromatic carbocycles. The van der Waals surface area contributed by atoms with Crippen molar-refractivity contribution in [2.24, 2.45) is 0 Å². The number of methoxy groups -OCH3 is 1. The van der Waals surface area contributed by atoms with Crippen LogP contribution in [0.1, 0.15) is 33.1 Å². The highest BCUT2D eigenvalue weighted by atomic mass is 35.5. The van der Waals surface area contributed by atoms with Gasteiger partial charge < -0.3 is 10.1 Å². The van der Waals surface area contributed by atoms with Gasteiger partial charge >= 0.3 is 5.97 Å². The molecule has 0 aliphatic rings. The summed E-state index contributed by atoms with van der Waals surface area (Å²) in [4.78, 5) is 13.0. The van der Waals surface area contributed by atoms with Gasteiger partial charge in [-0.3, -0.25) is 4.79 Å². The van der Waals surface area contributed by atoms with Gasteiger partial charge in [0.2, 0.25) is 0 Å². The molecule has 1 atom stereocenters. The van der Waals surface area contributed by atoms with Crippen molar-refractivity contribution < 1.29 is 9.53 Å². The molecule has 0 aliphatic heterocycles. The highest BCUT2D eigenvalue weighted by Gasteiger charge is 2.32. The van der Waals surface area contributed by atoms with Gasteiger partial charge in [0.15, 0.2) is 0 Å². The third-order valence-electron chi connectivity index (χ3n) is 3.37. The summed E-state index contributed by atoms with van der Waals surface area (Å²) in [7, 11) is 1.44. The summed E-state index contributed by atoms with van der Waals surface area (Å²) in [5.41, 5.74) is -0.585. The van der Waals surface area contributed by atoms with Crippen LogP contribution in [-0.2, 0) is 9.53 Å². The molecular formula is C16H24ClNO2S. The average molecular weight is 330 g/mol. The molecule has 0 bridgehead atoms. The standard InChI is InChI=1S/C16H24ClNO2S/c1-4-18-16(2,15(19)20-3)11-7-8-12-21-14-10-6-5-9-13(14)17/h5-6,9-10,18H,4,7-8,11-12H2,1-3H3. The molecule has 1 aromatic rings. The van der Waals surface area contributed by atoms with Crippen molar-refractivity contribution in [1.29, 1.82) is 0 Å². The topological polar surface area (TPSA) is 38.3 Å². The summed E-state index contributed by atoms with van der Waals surface area (Å²) >= 11 is 7.88. The summed E-state index contributed by atoms with van der Waals surface area (Å²) in [6.45, 7) is 4.65. The van der Waals surface area contributed by atoms with E-state index in [4.69, 9.17) is 16.3 Å². The van der Waals surface area contributed by atoms with Crippen LogP contribution in [0.2, 0.25) is 5.02 Å². The lowest BCUT2D eigenvalue weighted by atomic mass is 9.95. The monoisotopic (exact) mass is 329 g/mol. The Kier molecular flexibility index (Phi) is 8.15. The van der Waals surface area contributed by atoms with Gasteiger partial charge in [-0.15, -0.1) is 11.8 Å². The normalized spacial score (nSPS) is 13.7. The van der Waals surface area contributed by atoms with Crippen LogP contribution in [0.4, 0.5) is 0 Å². The van der Waals surface area contributed by atoms with Gasteiger partial charge in [-0.05, 0) is 44.2 Å². The van der Waals surface area contributed by atoms with Crippen molar-refractivity contribution in [3.8, 4) is 0 Å². The molecule has 0 heterocycles. The molecule has 0 fully saturated rings. The lowest BCUT2D eigenvalue weighted by Crippen LogP contribution is -2.50. The molecule has 0 spiro atoms. The van der Waals surface area contributed by atoms with E-state index in [1.54, 1.807) is 11.8 Å². The van der Waals surface area contributed by atoms with Gasteiger partial charge in [0.1, 0.15) is 5.54 Å². The molecule has 3 nitrogen and oxygen atoms in total. The molecule has 0 amide bonds. The van der Waals surface area contributed by atoms with Crippen molar-refractivity contribution in [3.63, 3.8) is 0 Å². The first-order valence-electron chi connectivity index (χ1n) is 7.24. The smallest absolute Gasteiger partial charge is 0.325 e. The molecule has 0 aliphatic carbocycles. The maximum Gasteiger partial charge on any atom is 0.325 e. The number of esters is 1. The number of halogens is 1. The fraction of sp³-hybridized carbons (Fsp3) is 0.562. The fourth-order valence-corrected chi connectivity index (χ4v) is 3.45. The summed E-state index contributed by atoms with van der Waals surface area (Å²) in [6, 6.07) is 7.87. The minimum atomic E-state index is -0.585. The number of ether oxygens (including phenoxy) is 1. The SMILES string of the molecule is CCNC(C)(CCCCSc1ccccc1Cl)C(=O)OC. The molecule has 1 rings (SSSR count). The van der Waals surface area contributed by atoms with E-state index < -0.39 is 5.54 Å². The first kappa shape index (κ1) is 18.3. The predicted molar refractivity (Wildman–Crippen MR) is 90.1 cm³/mol. The molecule has 0 saturated carbocycles. The number of benzene rings is 1. The number of hydrogen-bond acceptors (Lipinski definition) is 4. The highest BCUT2D eigenvalue weighted by molar-refractivity contribution is 7.99. The Labute approximate surface area is 136 Å². The molecule has 5 heteroatoms.